The Morgan fingerprint density at radius 1 is 1.42 bits per heavy atom. The quantitative estimate of drug-likeness (QED) is 0.567. The number of hydrogen-bond acceptors (Lipinski definition) is 3. The third-order valence-corrected chi connectivity index (χ3v) is 2.90. The van der Waals surface area contributed by atoms with Gasteiger partial charge in [-0.3, -0.25) is 0 Å². The molecule has 0 spiro atoms. The highest BCUT2D eigenvalue weighted by Crippen LogP contribution is 2.24. The Bertz CT molecular complexity index is 405. The number of hydrogen-bond donors (Lipinski definition) is 3. The summed E-state index contributed by atoms with van der Waals surface area (Å²) in [6.45, 7) is 7.96. The second-order valence-corrected chi connectivity index (χ2v) is 5.22. The topological polar surface area (TPSA) is 72.3 Å². The molecule has 0 unspecified atom stereocenters. The molecule has 0 saturated carbocycles. The van der Waals surface area contributed by atoms with Crippen LogP contribution in [-0.4, -0.2) is 18.3 Å². The number of anilines is 1. The fourth-order valence-corrected chi connectivity index (χ4v) is 1.83. The molecule has 108 valence electrons. The van der Waals surface area contributed by atoms with Crippen LogP contribution < -0.4 is 11.5 Å². The highest BCUT2D eigenvalue weighted by molar-refractivity contribution is 5.41. The second-order valence-electron chi connectivity index (χ2n) is 5.22. The van der Waals surface area contributed by atoms with Crippen molar-refractivity contribution in [3.8, 4) is 0 Å². The van der Waals surface area contributed by atoms with Gasteiger partial charge in [0.25, 0.3) is 0 Å². The minimum Gasteiger partial charge on any atom is -0.400 e. The highest BCUT2D eigenvalue weighted by Gasteiger charge is 2.18. The number of nitrogens with two attached hydrogens (primary N) is 2. The van der Waals surface area contributed by atoms with Gasteiger partial charge in [-0.1, -0.05) is 26.0 Å². The van der Waals surface area contributed by atoms with Crippen LogP contribution in [0.4, 0.5) is 10.1 Å². The maximum atomic E-state index is 13.3. The molecule has 1 aromatic carbocycles. The third kappa shape index (κ3) is 6.36. The summed E-state index contributed by atoms with van der Waals surface area (Å²) in [5.41, 5.74) is 12.5. The summed E-state index contributed by atoms with van der Waals surface area (Å²) in [4.78, 5) is 0. The van der Waals surface area contributed by atoms with Gasteiger partial charge in [-0.15, -0.1) is 6.58 Å². The number of allylic oxidation sites excluding steroid dienone is 1. The van der Waals surface area contributed by atoms with E-state index in [1.807, 2.05) is 12.1 Å². The van der Waals surface area contributed by atoms with Crippen LogP contribution in [0.2, 0.25) is 0 Å². The molecule has 0 aromatic heterocycles. The van der Waals surface area contributed by atoms with E-state index in [2.05, 4.69) is 20.4 Å². The number of aliphatic hydroxyl groups excluding tert-OH is 1. The molecule has 0 aliphatic heterocycles. The van der Waals surface area contributed by atoms with Gasteiger partial charge in [0.15, 0.2) is 0 Å². The van der Waals surface area contributed by atoms with E-state index in [-0.39, 0.29) is 23.0 Å². The van der Waals surface area contributed by atoms with Gasteiger partial charge >= 0.3 is 0 Å². The fraction of sp³-hybridized carbons (Fsp3) is 0.467. The summed E-state index contributed by atoms with van der Waals surface area (Å²) in [6.07, 6.45) is 3.37. The van der Waals surface area contributed by atoms with E-state index in [4.69, 9.17) is 16.6 Å². The average molecular weight is 268 g/mol. The first-order chi connectivity index (χ1) is 8.84. The molecule has 0 saturated heterocycles. The van der Waals surface area contributed by atoms with Gasteiger partial charge in [0.2, 0.25) is 0 Å². The minimum atomic E-state index is -0.377. The Morgan fingerprint density at radius 3 is 2.47 bits per heavy atom. The standard InChI is InChI=1S/C14H21FN2.CH4O/c1-4-14(2,3)9-11(16)7-10-5-6-13(17)12(15)8-10;1-2/h4-6,8,11H,1,7,9,16-17H2,2-3H3;2H,1H3/t11-;/m0./s1. The van der Waals surface area contributed by atoms with E-state index >= 15 is 0 Å². The Hall–Kier alpha value is -1.39. The minimum absolute atomic E-state index is 0.00572. The fourth-order valence-electron chi connectivity index (χ4n) is 1.83. The van der Waals surface area contributed by atoms with E-state index in [1.54, 1.807) is 6.07 Å². The van der Waals surface area contributed by atoms with Crippen LogP contribution in [0.1, 0.15) is 25.8 Å². The third-order valence-electron chi connectivity index (χ3n) is 2.90. The molecule has 0 radical (unpaired) electrons. The van der Waals surface area contributed by atoms with Gasteiger partial charge in [-0.25, -0.2) is 4.39 Å². The van der Waals surface area contributed by atoms with Crippen molar-refractivity contribution < 1.29 is 9.50 Å². The van der Waals surface area contributed by atoms with E-state index in [0.717, 1.165) is 19.1 Å². The van der Waals surface area contributed by atoms with Crippen LogP contribution in [0, 0.1) is 11.2 Å². The Kier molecular flexibility index (Phi) is 7.34. The van der Waals surface area contributed by atoms with Crippen LogP contribution >= 0.6 is 0 Å². The maximum Gasteiger partial charge on any atom is 0.146 e. The zero-order valence-corrected chi connectivity index (χ0v) is 12.0. The van der Waals surface area contributed by atoms with Crippen molar-refractivity contribution in [1.82, 2.24) is 0 Å². The molecule has 0 aliphatic rings. The molecule has 0 bridgehead atoms. The summed E-state index contributed by atoms with van der Waals surface area (Å²) in [6, 6.07) is 4.84. The molecule has 0 fully saturated rings. The summed E-state index contributed by atoms with van der Waals surface area (Å²) >= 11 is 0. The van der Waals surface area contributed by atoms with E-state index in [1.165, 1.54) is 6.07 Å². The number of rotatable bonds is 5. The van der Waals surface area contributed by atoms with Crippen molar-refractivity contribution in [1.29, 1.82) is 0 Å². The van der Waals surface area contributed by atoms with Crippen molar-refractivity contribution in [2.75, 3.05) is 12.8 Å². The zero-order chi connectivity index (χ0) is 15.1. The molecule has 3 nitrogen and oxygen atoms in total. The predicted octanol–water partition coefficient (Wildman–Crippen LogP) is 2.49. The van der Waals surface area contributed by atoms with Crippen molar-refractivity contribution in [2.24, 2.45) is 11.1 Å². The maximum absolute atomic E-state index is 13.3. The molecule has 1 aromatic rings. The number of benzene rings is 1. The Morgan fingerprint density at radius 2 is 2.00 bits per heavy atom. The lowest BCUT2D eigenvalue weighted by molar-refractivity contribution is 0.387. The highest BCUT2D eigenvalue weighted by atomic mass is 19.1. The first kappa shape index (κ1) is 17.6. The first-order valence-electron chi connectivity index (χ1n) is 6.22. The van der Waals surface area contributed by atoms with Crippen LogP contribution in [-0.2, 0) is 6.42 Å². The number of aliphatic hydroxyl groups is 1. The van der Waals surface area contributed by atoms with E-state index in [0.29, 0.717) is 6.42 Å². The lowest BCUT2D eigenvalue weighted by atomic mass is 9.84. The Balaban J connectivity index is 0.00000154. The summed E-state index contributed by atoms with van der Waals surface area (Å²) in [5.74, 6) is -0.377. The molecule has 0 aliphatic carbocycles. The van der Waals surface area contributed by atoms with E-state index < -0.39 is 0 Å². The lowest BCUT2D eigenvalue weighted by Crippen LogP contribution is -2.28. The molecule has 4 heteroatoms. The molecule has 0 amide bonds. The van der Waals surface area contributed by atoms with Crippen molar-refractivity contribution in [2.45, 2.75) is 32.7 Å². The lowest BCUT2D eigenvalue weighted by Gasteiger charge is -2.24. The zero-order valence-electron chi connectivity index (χ0n) is 12.0. The van der Waals surface area contributed by atoms with Crippen molar-refractivity contribution >= 4 is 5.69 Å². The number of nitrogen functional groups attached to an aromatic ring is 1. The molecule has 1 atom stereocenters. The monoisotopic (exact) mass is 268 g/mol. The van der Waals surface area contributed by atoms with Crippen LogP contribution in [0.3, 0.4) is 0 Å². The van der Waals surface area contributed by atoms with Crippen LogP contribution in [0.15, 0.2) is 30.9 Å². The Labute approximate surface area is 115 Å². The van der Waals surface area contributed by atoms with Crippen LogP contribution in [0.25, 0.3) is 0 Å². The van der Waals surface area contributed by atoms with Gasteiger partial charge in [0.05, 0.1) is 5.69 Å². The normalized spacial score (nSPS) is 12.3. The van der Waals surface area contributed by atoms with Gasteiger partial charge in [-0.2, -0.15) is 0 Å². The summed E-state index contributed by atoms with van der Waals surface area (Å²) < 4.78 is 13.3. The van der Waals surface area contributed by atoms with Gasteiger partial charge in [0.1, 0.15) is 5.82 Å². The SMILES string of the molecule is C=CC(C)(C)C[C@@H](N)Cc1ccc(N)c(F)c1.CO. The predicted molar refractivity (Wildman–Crippen MR) is 79.2 cm³/mol. The second kappa shape index (κ2) is 7.92. The van der Waals surface area contributed by atoms with Crippen LogP contribution in [0.5, 0.6) is 0 Å². The largest absolute Gasteiger partial charge is 0.400 e. The summed E-state index contributed by atoms with van der Waals surface area (Å²) in [7, 11) is 1.00. The molecule has 0 heterocycles. The average Bonchev–Trinajstić information content (AvgIpc) is 2.36. The molecular formula is C15H25FN2O. The molecule has 1 rings (SSSR count). The molecular weight excluding hydrogens is 243 g/mol. The van der Waals surface area contributed by atoms with E-state index in [9.17, 15) is 4.39 Å². The van der Waals surface area contributed by atoms with Crippen molar-refractivity contribution in [3.05, 3.63) is 42.2 Å². The van der Waals surface area contributed by atoms with Gasteiger partial charge in [0, 0.05) is 13.2 Å². The smallest absolute Gasteiger partial charge is 0.146 e. The van der Waals surface area contributed by atoms with Gasteiger partial charge in [-0.05, 0) is 36.0 Å². The molecule has 19 heavy (non-hydrogen) atoms. The van der Waals surface area contributed by atoms with Gasteiger partial charge < -0.3 is 16.6 Å². The summed E-state index contributed by atoms with van der Waals surface area (Å²) in [5, 5.41) is 7.00. The number of halogens is 1. The van der Waals surface area contributed by atoms with Crippen molar-refractivity contribution in [3.63, 3.8) is 0 Å². The first-order valence-corrected chi connectivity index (χ1v) is 6.22. The molecule has 5 N–H and O–H groups in total.